The maximum absolute atomic E-state index is 12.1. The Labute approximate surface area is 123 Å². The SMILES string of the molecule is O=C(O)c1cc(NS(=O)(=O)c2cc(Cl)cc(Cl)c2)n[nH]1. The van der Waals surface area contributed by atoms with E-state index in [1.54, 1.807) is 0 Å². The number of hydrogen-bond donors (Lipinski definition) is 3. The van der Waals surface area contributed by atoms with Crippen molar-refractivity contribution < 1.29 is 18.3 Å². The van der Waals surface area contributed by atoms with Crippen LogP contribution in [0.4, 0.5) is 5.82 Å². The highest BCUT2D eigenvalue weighted by atomic mass is 35.5. The molecule has 1 aromatic carbocycles. The van der Waals surface area contributed by atoms with E-state index in [9.17, 15) is 13.2 Å². The number of carboxylic acids is 1. The van der Waals surface area contributed by atoms with E-state index < -0.39 is 16.0 Å². The number of rotatable bonds is 4. The molecule has 1 aromatic heterocycles. The van der Waals surface area contributed by atoms with Crippen molar-refractivity contribution in [3.63, 3.8) is 0 Å². The Morgan fingerprint density at radius 1 is 1.20 bits per heavy atom. The van der Waals surface area contributed by atoms with Gasteiger partial charge in [-0.05, 0) is 18.2 Å². The molecule has 0 aliphatic carbocycles. The van der Waals surface area contributed by atoms with Crippen LogP contribution in [0.1, 0.15) is 10.5 Å². The minimum atomic E-state index is -3.97. The fourth-order valence-electron chi connectivity index (χ4n) is 1.36. The van der Waals surface area contributed by atoms with Gasteiger partial charge < -0.3 is 5.11 Å². The fourth-order valence-corrected chi connectivity index (χ4v) is 3.08. The Kier molecular flexibility index (Phi) is 3.89. The third kappa shape index (κ3) is 3.21. The maximum atomic E-state index is 12.1. The Hall–Kier alpha value is -1.77. The Morgan fingerprint density at radius 2 is 1.80 bits per heavy atom. The molecule has 106 valence electrons. The number of hydrogen-bond acceptors (Lipinski definition) is 4. The molecule has 0 radical (unpaired) electrons. The molecule has 0 bridgehead atoms. The highest BCUT2D eigenvalue weighted by molar-refractivity contribution is 7.92. The molecule has 10 heteroatoms. The summed E-state index contributed by atoms with van der Waals surface area (Å²) in [4.78, 5) is 10.5. The molecule has 3 N–H and O–H groups in total. The molecule has 0 spiro atoms. The van der Waals surface area contributed by atoms with Crippen molar-refractivity contribution in [1.29, 1.82) is 0 Å². The molecular weight excluding hydrogens is 329 g/mol. The highest BCUT2D eigenvalue weighted by Gasteiger charge is 2.18. The molecule has 0 saturated carbocycles. The molecule has 1 heterocycles. The first kappa shape index (κ1) is 14.6. The zero-order chi connectivity index (χ0) is 14.9. The predicted octanol–water partition coefficient (Wildman–Crippen LogP) is 2.22. The number of nitrogens with zero attached hydrogens (tertiary/aromatic N) is 1. The Balaban J connectivity index is 2.32. The van der Waals surface area contributed by atoms with Crippen molar-refractivity contribution in [2.45, 2.75) is 4.90 Å². The van der Waals surface area contributed by atoms with Crippen molar-refractivity contribution >= 4 is 45.0 Å². The summed E-state index contributed by atoms with van der Waals surface area (Å²) in [6.45, 7) is 0. The monoisotopic (exact) mass is 335 g/mol. The number of carbonyl (C=O) groups is 1. The van der Waals surface area contributed by atoms with E-state index in [1.807, 2.05) is 0 Å². The van der Waals surface area contributed by atoms with Gasteiger partial charge >= 0.3 is 5.97 Å². The minimum Gasteiger partial charge on any atom is -0.477 e. The average molecular weight is 336 g/mol. The van der Waals surface area contributed by atoms with Crippen molar-refractivity contribution in [2.75, 3.05) is 4.72 Å². The molecule has 0 amide bonds. The number of aromatic amines is 1. The summed E-state index contributed by atoms with van der Waals surface area (Å²) in [6, 6.07) is 4.85. The zero-order valence-corrected chi connectivity index (χ0v) is 11.9. The van der Waals surface area contributed by atoms with E-state index in [4.69, 9.17) is 28.3 Å². The third-order valence-electron chi connectivity index (χ3n) is 2.19. The van der Waals surface area contributed by atoms with Gasteiger partial charge in [0.2, 0.25) is 0 Å². The van der Waals surface area contributed by atoms with Crippen molar-refractivity contribution in [1.82, 2.24) is 10.2 Å². The van der Waals surface area contributed by atoms with Gasteiger partial charge in [-0.25, -0.2) is 13.2 Å². The second kappa shape index (κ2) is 5.31. The number of H-pyrrole nitrogens is 1. The summed E-state index contributed by atoms with van der Waals surface area (Å²) < 4.78 is 26.2. The summed E-state index contributed by atoms with van der Waals surface area (Å²) in [5.41, 5.74) is -0.244. The maximum Gasteiger partial charge on any atom is 0.353 e. The predicted molar refractivity (Wildman–Crippen MR) is 72.8 cm³/mol. The Morgan fingerprint density at radius 3 is 2.30 bits per heavy atom. The number of nitrogens with one attached hydrogen (secondary N) is 2. The Bertz CT molecular complexity index is 752. The molecule has 0 unspecified atom stereocenters. The topological polar surface area (TPSA) is 112 Å². The lowest BCUT2D eigenvalue weighted by Crippen LogP contribution is -2.13. The van der Waals surface area contributed by atoms with Gasteiger partial charge in [0.25, 0.3) is 10.0 Å². The number of benzene rings is 1. The lowest BCUT2D eigenvalue weighted by molar-refractivity contribution is 0.0690. The lowest BCUT2D eigenvalue weighted by Gasteiger charge is -2.06. The molecule has 20 heavy (non-hydrogen) atoms. The van der Waals surface area contributed by atoms with Crippen LogP contribution in [0.2, 0.25) is 10.0 Å². The molecule has 0 saturated heterocycles. The molecule has 2 rings (SSSR count). The van der Waals surface area contributed by atoms with Crippen molar-refractivity contribution in [3.8, 4) is 0 Å². The first-order valence-electron chi connectivity index (χ1n) is 5.05. The van der Waals surface area contributed by atoms with Gasteiger partial charge in [-0.15, -0.1) is 0 Å². The minimum absolute atomic E-state index is 0.154. The molecular formula is C10H7Cl2N3O4S. The second-order valence-electron chi connectivity index (χ2n) is 3.68. The zero-order valence-electron chi connectivity index (χ0n) is 9.59. The molecule has 7 nitrogen and oxygen atoms in total. The van der Waals surface area contributed by atoms with Crippen LogP contribution in [0.3, 0.4) is 0 Å². The van der Waals surface area contributed by atoms with Gasteiger partial charge in [0.15, 0.2) is 5.82 Å². The lowest BCUT2D eigenvalue weighted by atomic mass is 10.4. The highest BCUT2D eigenvalue weighted by Crippen LogP contribution is 2.23. The summed E-state index contributed by atoms with van der Waals surface area (Å²) in [7, 11) is -3.97. The van der Waals surface area contributed by atoms with Crippen LogP contribution in [0, 0.1) is 0 Å². The third-order valence-corrected chi connectivity index (χ3v) is 3.96. The van der Waals surface area contributed by atoms with Crippen LogP contribution in [0.5, 0.6) is 0 Å². The molecule has 0 aliphatic rings. The van der Waals surface area contributed by atoms with Crippen molar-refractivity contribution in [3.05, 3.63) is 40.0 Å². The van der Waals surface area contributed by atoms with Crippen LogP contribution in [0.15, 0.2) is 29.2 Å². The number of anilines is 1. The summed E-state index contributed by atoms with van der Waals surface area (Å²) in [5.74, 6) is -1.41. The van der Waals surface area contributed by atoms with Crippen molar-refractivity contribution in [2.24, 2.45) is 0 Å². The van der Waals surface area contributed by atoms with Crippen LogP contribution in [-0.4, -0.2) is 29.7 Å². The normalized spacial score (nSPS) is 11.3. The van der Waals surface area contributed by atoms with Gasteiger partial charge in [-0.2, -0.15) is 5.10 Å². The van der Waals surface area contributed by atoms with E-state index >= 15 is 0 Å². The number of sulfonamides is 1. The van der Waals surface area contributed by atoms with Crippen LogP contribution in [0.25, 0.3) is 0 Å². The molecule has 0 atom stereocenters. The second-order valence-corrected chi connectivity index (χ2v) is 6.24. The summed E-state index contributed by atoms with van der Waals surface area (Å²) in [5, 5.41) is 14.7. The number of halogens is 2. The molecule has 0 fully saturated rings. The van der Waals surface area contributed by atoms with Gasteiger partial charge in [-0.1, -0.05) is 23.2 Å². The first-order valence-corrected chi connectivity index (χ1v) is 7.29. The summed E-state index contributed by atoms with van der Waals surface area (Å²) >= 11 is 11.5. The molecule has 0 aliphatic heterocycles. The number of aromatic carboxylic acids is 1. The fraction of sp³-hybridized carbons (Fsp3) is 0. The van der Waals surface area contributed by atoms with Gasteiger partial charge in [0.1, 0.15) is 5.69 Å². The van der Waals surface area contributed by atoms with Gasteiger partial charge in [0.05, 0.1) is 4.90 Å². The smallest absolute Gasteiger partial charge is 0.353 e. The van der Waals surface area contributed by atoms with E-state index in [0.717, 1.165) is 6.07 Å². The number of carboxylic acid groups (broad SMARTS) is 1. The van der Waals surface area contributed by atoms with Crippen LogP contribution >= 0.6 is 23.2 Å². The van der Waals surface area contributed by atoms with Gasteiger partial charge in [-0.3, -0.25) is 9.82 Å². The number of aromatic nitrogens is 2. The quantitative estimate of drug-likeness (QED) is 0.792. The van der Waals surface area contributed by atoms with Crippen LogP contribution in [-0.2, 0) is 10.0 Å². The first-order chi connectivity index (χ1) is 9.28. The van der Waals surface area contributed by atoms with E-state index in [0.29, 0.717) is 0 Å². The summed E-state index contributed by atoms with van der Waals surface area (Å²) in [6.07, 6.45) is 0. The average Bonchev–Trinajstić information content (AvgIpc) is 2.75. The van der Waals surface area contributed by atoms with E-state index in [1.165, 1.54) is 18.2 Å². The van der Waals surface area contributed by atoms with Gasteiger partial charge in [0, 0.05) is 16.1 Å². The standard InChI is InChI=1S/C10H7Cl2N3O4S/c11-5-1-6(12)3-7(2-5)20(18,19)15-9-4-8(10(16)17)13-14-9/h1-4H,(H,16,17)(H2,13,14,15). The van der Waals surface area contributed by atoms with E-state index in [2.05, 4.69) is 14.9 Å². The largest absolute Gasteiger partial charge is 0.477 e. The van der Waals surface area contributed by atoms with E-state index in [-0.39, 0.29) is 26.5 Å². The molecule has 2 aromatic rings. The van der Waals surface area contributed by atoms with Crippen LogP contribution < -0.4 is 4.72 Å².